The van der Waals surface area contributed by atoms with Gasteiger partial charge in [0, 0.05) is 11.8 Å². The van der Waals surface area contributed by atoms with Gasteiger partial charge in [0.2, 0.25) is 0 Å². The monoisotopic (exact) mass is 275 g/mol. The van der Waals surface area contributed by atoms with E-state index in [1.165, 1.54) is 0 Å². The molecule has 2 N–H and O–H groups in total. The van der Waals surface area contributed by atoms with Crippen LogP contribution in [-0.2, 0) is 0 Å². The van der Waals surface area contributed by atoms with Crippen LogP contribution < -0.4 is 5.46 Å². The minimum Gasteiger partial charge on any atom is -0.423 e. The van der Waals surface area contributed by atoms with E-state index in [1.54, 1.807) is 18.3 Å². The molecule has 0 saturated carbocycles. The molecule has 0 amide bonds. The molecule has 3 rings (SSSR count). The molecule has 21 heavy (non-hydrogen) atoms. The van der Waals surface area contributed by atoms with E-state index >= 15 is 0 Å². The van der Waals surface area contributed by atoms with Crippen molar-refractivity contribution >= 4 is 12.6 Å². The summed E-state index contributed by atoms with van der Waals surface area (Å²) in [7, 11) is -1.50. The number of pyridine rings is 1. The second-order valence-corrected chi connectivity index (χ2v) is 4.72. The minimum atomic E-state index is -1.50. The van der Waals surface area contributed by atoms with Gasteiger partial charge in [-0.3, -0.25) is 4.98 Å². The van der Waals surface area contributed by atoms with Gasteiger partial charge in [0.15, 0.2) is 0 Å². The Morgan fingerprint density at radius 1 is 0.667 bits per heavy atom. The largest absolute Gasteiger partial charge is 0.489 e. The number of hydrogen-bond acceptors (Lipinski definition) is 3. The second-order valence-electron chi connectivity index (χ2n) is 4.72. The lowest BCUT2D eigenvalue weighted by Gasteiger charge is -2.13. The van der Waals surface area contributed by atoms with Gasteiger partial charge in [-0.15, -0.1) is 0 Å². The van der Waals surface area contributed by atoms with Gasteiger partial charge in [-0.2, -0.15) is 0 Å². The van der Waals surface area contributed by atoms with Crippen LogP contribution in [0, 0.1) is 0 Å². The molecule has 0 aliphatic carbocycles. The number of rotatable bonds is 3. The molecule has 0 atom stereocenters. The smallest absolute Gasteiger partial charge is 0.423 e. The molecule has 0 aliphatic rings. The highest BCUT2D eigenvalue weighted by Crippen LogP contribution is 2.29. The van der Waals surface area contributed by atoms with Crippen LogP contribution in [0.3, 0.4) is 0 Å². The summed E-state index contributed by atoms with van der Waals surface area (Å²) in [5.41, 5.74) is 4.04. The maximum atomic E-state index is 9.57. The number of nitrogens with zero attached hydrogens (tertiary/aromatic N) is 1. The Bertz CT molecular complexity index is 745. The Hall–Kier alpha value is -2.43. The zero-order valence-corrected chi connectivity index (χ0v) is 11.3. The molecule has 1 aromatic heterocycles. The Labute approximate surface area is 123 Å². The van der Waals surface area contributed by atoms with Gasteiger partial charge < -0.3 is 10.0 Å². The van der Waals surface area contributed by atoms with Gasteiger partial charge in [0.1, 0.15) is 0 Å². The highest BCUT2D eigenvalue weighted by molar-refractivity contribution is 6.60. The van der Waals surface area contributed by atoms with Crippen LogP contribution in [0.4, 0.5) is 0 Å². The first-order valence-corrected chi connectivity index (χ1v) is 6.73. The van der Waals surface area contributed by atoms with E-state index in [4.69, 9.17) is 0 Å². The summed E-state index contributed by atoms with van der Waals surface area (Å²) < 4.78 is 0. The molecular weight excluding hydrogens is 261 g/mol. The molecule has 0 radical (unpaired) electrons. The fourth-order valence-electron chi connectivity index (χ4n) is 2.43. The van der Waals surface area contributed by atoms with Crippen molar-refractivity contribution in [3.63, 3.8) is 0 Å². The third kappa shape index (κ3) is 2.72. The maximum absolute atomic E-state index is 9.57. The fraction of sp³-hybridized carbons (Fsp3) is 0. The van der Waals surface area contributed by atoms with Crippen LogP contribution in [-0.4, -0.2) is 22.2 Å². The van der Waals surface area contributed by atoms with Crippen LogP contribution in [0.5, 0.6) is 0 Å². The van der Waals surface area contributed by atoms with Crippen LogP contribution in [0.2, 0.25) is 0 Å². The SMILES string of the molecule is OB(O)c1ccccc1-c1ccccc1-c1ccccn1. The zero-order valence-electron chi connectivity index (χ0n) is 11.3. The van der Waals surface area contributed by atoms with E-state index in [1.807, 2.05) is 54.6 Å². The summed E-state index contributed by atoms with van der Waals surface area (Å²) in [5, 5.41) is 19.1. The molecular formula is C17H14BNO2. The Kier molecular flexibility index (Phi) is 3.82. The Morgan fingerprint density at radius 3 is 1.95 bits per heavy atom. The van der Waals surface area contributed by atoms with Gasteiger partial charge in [0.05, 0.1) is 5.69 Å². The average molecular weight is 275 g/mol. The first-order chi connectivity index (χ1) is 10.3. The zero-order chi connectivity index (χ0) is 14.7. The molecule has 0 saturated heterocycles. The van der Waals surface area contributed by atoms with E-state index < -0.39 is 7.12 Å². The van der Waals surface area contributed by atoms with Crippen molar-refractivity contribution < 1.29 is 10.0 Å². The summed E-state index contributed by atoms with van der Waals surface area (Å²) in [5.74, 6) is 0. The van der Waals surface area contributed by atoms with Crippen molar-refractivity contribution in [2.75, 3.05) is 0 Å². The predicted molar refractivity (Wildman–Crippen MR) is 84.9 cm³/mol. The Morgan fingerprint density at radius 2 is 1.29 bits per heavy atom. The molecule has 4 heteroatoms. The van der Waals surface area contributed by atoms with Crippen LogP contribution >= 0.6 is 0 Å². The standard InChI is InChI=1S/C17H14BNO2/c20-18(21)16-10-4-3-8-14(16)13-7-1-2-9-15(13)17-11-5-6-12-19-17/h1-12,20-21H. The third-order valence-corrected chi connectivity index (χ3v) is 3.40. The maximum Gasteiger partial charge on any atom is 0.489 e. The lowest BCUT2D eigenvalue weighted by Crippen LogP contribution is -2.31. The van der Waals surface area contributed by atoms with Gasteiger partial charge in [0.25, 0.3) is 0 Å². The summed E-state index contributed by atoms with van der Waals surface area (Å²) >= 11 is 0. The van der Waals surface area contributed by atoms with E-state index in [0.717, 1.165) is 22.4 Å². The van der Waals surface area contributed by atoms with Gasteiger partial charge in [-0.1, -0.05) is 54.6 Å². The van der Waals surface area contributed by atoms with E-state index in [-0.39, 0.29) is 0 Å². The molecule has 102 valence electrons. The van der Waals surface area contributed by atoms with Crippen LogP contribution in [0.15, 0.2) is 72.9 Å². The average Bonchev–Trinajstić information content (AvgIpc) is 2.55. The van der Waals surface area contributed by atoms with Crippen LogP contribution in [0.1, 0.15) is 0 Å². The normalized spacial score (nSPS) is 10.4. The Balaban J connectivity index is 2.21. The summed E-state index contributed by atoms with van der Waals surface area (Å²) in [6.45, 7) is 0. The number of hydrogen-bond donors (Lipinski definition) is 2. The summed E-state index contributed by atoms with van der Waals surface area (Å²) in [6.07, 6.45) is 1.75. The van der Waals surface area contributed by atoms with Crippen LogP contribution in [0.25, 0.3) is 22.4 Å². The predicted octanol–water partition coefficient (Wildman–Crippen LogP) is 2.10. The highest BCUT2D eigenvalue weighted by Gasteiger charge is 2.18. The fourth-order valence-corrected chi connectivity index (χ4v) is 2.43. The van der Waals surface area contributed by atoms with Gasteiger partial charge in [-0.25, -0.2) is 0 Å². The molecule has 0 spiro atoms. The highest BCUT2D eigenvalue weighted by atomic mass is 16.4. The first-order valence-electron chi connectivity index (χ1n) is 6.73. The molecule has 0 aliphatic heterocycles. The lowest BCUT2D eigenvalue weighted by molar-refractivity contribution is 0.426. The van der Waals surface area contributed by atoms with Crippen molar-refractivity contribution in [3.05, 3.63) is 72.9 Å². The topological polar surface area (TPSA) is 53.4 Å². The van der Waals surface area contributed by atoms with Crippen molar-refractivity contribution in [1.29, 1.82) is 0 Å². The van der Waals surface area contributed by atoms with Crippen molar-refractivity contribution in [2.24, 2.45) is 0 Å². The quantitative estimate of drug-likeness (QED) is 0.720. The summed E-state index contributed by atoms with van der Waals surface area (Å²) in [4.78, 5) is 4.38. The molecule has 2 aromatic carbocycles. The molecule has 3 aromatic rings. The number of benzene rings is 2. The molecule has 0 unspecified atom stereocenters. The lowest BCUT2D eigenvalue weighted by atomic mass is 9.75. The summed E-state index contributed by atoms with van der Waals surface area (Å²) in [6, 6.07) is 20.9. The molecule has 0 bridgehead atoms. The molecule has 3 nitrogen and oxygen atoms in total. The van der Waals surface area contributed by atoms with Gasteiger partial charge >= 0.3 is 7.12 Å². The van der Waals surface area contributed by atoms with Gasteiger partial charge in [-0.05, 0) is 28.7 Å². The molecule has 1 heterocycles. The van der Waals surface area contributed by atoms with E-state index in [0.29, 0.717) is 5.46 Å². The van der Waals surface area contributed by atoms with E-state index in [2.05, 4.69) is 4.98 Å². The second kappa shape index (κ2) is 5.91. The van der Waals surface area contributed by atoms with Crippen molar-refractivity contribution in [1.82, 2.24) is 4.98 Å². The minimum absolute atomic E-state index is 0.487. The number of aromatic nitrogens is 1. The van der Waals surface area contributed by atoms with Crippen molar-refractivity contribution in [3.8, 4) is 22.4 Å². The molecule has 0 fully saturated rings. The third-order valence-electron chi connectivity index (χ3n) is 3.40. The van der Waals surface area contributed by atoms with E-state index in [9.17, 15) is 10.0 Å². The first kappa shape index (κ1) is 13.6. The van der Waals surface area contributed by atoms with Crippen molar-refractivity contribution in [2.45, 2.75) is 0 Å².